The van der Waals surface area contributed by atoms with Crippen LogP contribution in [-0.2, 0) is 24.4 Å². The molecule has 0 spiro atoms. The summed E-state index contributed by atoms with van der Waals surface area (Å²) >= 11 is 0. The highest BCUT2D eigenvalue weighted by molar-refractivity contribution is 6.13. The van der Waals surface area contributed by atoms with E-state index < -0.39 is 17.9 Å². The third-order valence-corrected chi connectivity index (χ3v) is 1.41. The second-order valence-electron chi connectivity index (χ2n) is 2.21. The van der Waals surface area contributed by atoms with Crippen LogP contribution in [0.2, 0.25) is 0 Å². The van der Waals surface area contributed by atoms with E-state index in [1.807, 2.05) is 0 Å². The molecule has 0 aliphatic carbocycles. The Labute approximate surface area is 73.0 Å². The minimum atomic E-state index is -1.19. The van der Waals surface area contributed by atoms with Crippen LogP contribution in [0.3, 0.4) is 0 Å². The summed E-state index contributed by atoms with van der Waals surface area (Å²) in [5.74, 6) is -1.20. The van der Waals surface area contributed by atoms with Gasteiger partial charge in [0.2, 0.25) is 11.8 Å². The normalized spacial score (nSPS) is 16.5. The first-order chi connectivity index (χ1) is 6.16. The van der Waals surface area contributed by atoms with Crippen LogP contribution in [0, 0.1) is 0 Å². The molecule has 1 aliphatic rings. The lowest BCUT2D eigenvalue weighted by Gasteiger charge is -2.08. The lowest BCUT2D eigenvalue weighted by Crippen LogP contribution is -2.35. The van der Waals surface area contributed by atoms with E-state index in [-0.39, 0.29) is 12.8 Å². The monoisotopic (exact) mass is 189 g/mol. The van der Waals surface area contributed by atoms with E-state index in [1.165, 1.54) is 0 Å². The lowest BCUT2D eigenvalue weighted by atomic mass is 10.4. The van der Waals surface area contributed by atoms with E-state index in [0.717, 1.165) is 7.11 Å². The average Bonchev–Trinajstić information content (AvgIpc) is 2.42. The predicted molar refractivity (Wildman–Crippen MR) is 35.7 cm³/mol. The molecule has 1 aliphatic heterocycles. The topological polar surface area (TPSA) is 82.1 Å². The van der Waals surface area contributed by atoms with Crippen LogP contribution in [-0.4, -0.2) is 29.9 Å². The molecule has 0 unspecified atom stereocenters. The van der Waals surface area contributed by atoms with Crippen LogP contribution in [0.4, 0.5) is 4.79 Å². The number of carbonyl (C=O) groups excluding carboxylic acids is 3. The molecule has 0 radical (unpaired) electrons. The van der Waals surface area contributed by atoms with Crippen LogP contribution in [0.5, 0.6) is 0 Å². The van der Waals surface area contributed by atoms with Gasteiger partial charge in [-0.2, -0.15) is 9.79 Å². The Morgan fingerprint density at radius 1 is 1.31 bits per heavy atom. The fourth-order valence-corrected chi connectivity index (χ4v) is 0.881. The fraction of sp³-hybridized carbons (Fsp3) is 0.500. The third-order valence-electron chi connectivity index (χ3n) is 1.41. The number of rotatable bonds is 2. The van der Waals surface area contributed by atoms with Gasteiger partial charge in [0.05, 0.1) is 7.11 Å². The van der Waals surface area contributed by atoms with E-state index in [0.29, 0.717) is 4.90 Å². The van der Waals surface area contributed by atoms with Gasteiger partial charge in [-0.1, -0.05) is 0 Å². The first-order valence-electron chi connectivity index (χ1n) is 3.44. The highest BCUT2D eigenvalue weighted by Crippen LogP contribution is 2.12. The van der Waals surface area contributed by atoms with E-state index >= 15 is 0 Å². The molecule has 0 aromatic heterocycles. The Bertz CT molecular complexity index is 234. The minimum Gasteiger partial charge on any atom is -0.274 e. The van der Waals surface area contributed by atoms with Crippen molar-refractivity contribution < 1.29 is 29.2 Å². The zero-order chi connectivity index (χ0) is 9.84. The van der Waals surface area contributed by atoms with Gasteiger partial charge in [0.15, 0.2) is 0 Å². The van der Waals surface area contributed by atoms with Crippen LogP contribution >= 0.6 is 0 Å². The molecule has 0 bridgehead atoms. The van der Waals surface area contributed by atoms with Gasteiger partial charge >= 0.3 is 6.09 Å². The molecule has 0 N–H and O–H groups in total. The third kappa shape index (κ3) is 2.01. The van der Waals surface area contributed by atoms with Crippen molar-refractivity contribution in [3.05, 3.63) is 0 Å². The quantitative estimate of drug-likeness (QED) is 0.339. The van der Waals surface area contributed by atoms with Crippen LogP contribution in [0.15, 0.2) is 0 Å². The molecular weight excluding hydrogens is 182 g/mol. The molecule has 1 rings (SSSR count). The molecule has 0 atom stereocenters. The molecule has 7 heteroatoms. The second-order valence-corrected chi connectivity index (χ2v) is 2.21. The number of amides is 3. The Morgan fingerprint density at radius 3 is 2.31 bits per heavy atom. The molecule has 0 aromatic carbocycles. The SMILES string of the molecule is COOOC(=O)N1C(=O)CCC1=O. The lowest BCUT2D eigenvalue weighted by molar-refractivity contribution is -0.471. The van der Waals surface area contributed by atoms with Crippen molar-refractivity contribution in [2.24, 2.45) is 0 Å². The van der Waals surface area contributed by atoms with Gasteiger partial charge < -0.3 is 0 Å². The summed E-state index contributed by atoms with van der Waals surface area (Å²) in [7, 11) is 1.11. The number of nitrogens with zero attached hydrogens (tertiary/aromatic N) is 1. The Hall–Kier alpha value is -1.47. The standard InChI is InChI=1S/C6H7NO6/c1-11-13-12-6(10)7-4(8)2-3-5(7)9/h2-3H2,1H3. The number of carbonyl (C=O) groups is 3. The summed E-state index contributed by atoms with van der Waals surface area (Å²) in [6.45, 7) is 0. The molecule has 1 saturated heterocycles. The summed E-state index contributed by atoms with van der Waals surface area (Å²) in [5, 5.41) is 3.81. The molecule has 7 nitrogen and oxygen atoms in total. The van der Waals surface area contributed by atoms with Gasteiger partial charge in [0.25, 0.3) is 0 Å². The maximum atomic E-state index is 10.9. The number of hydrogen-bond donors (Lipinski definition) is 0. The van der Waals surface area contributed by atoms with Gasteiger partial charge in [0.1, 0.15) is 0 Å². The Morgan fingerprint density at radius 2 is 1.85 bits per heavy atom. The Balaban J connectivity index is 2.54. The maximum absolute atomic E-state index is 10.9. The van der Waals surface area contributed by atoms with Gasteiger partial charge in [-0.3, -0.25) is 9.59 Å². The number of imide groups is 3. The highest BCUT2D eigenvalue weighted by Gasteiger charge is 2.36. The van der Waals surface area contributed by atoms with Crippen LogP contribution in [0.25, 0.3) is 0 Å². The van der Waals surface area contributed by atoms with Crippen molar-refractivity contribution >= 4 is 17.9 Å². The average molecular weight is 189 g/mol. The number of hydrogen-bond acceptors (Lipinski definition) is 6. The van der Waals surface area contributed by atoms with Gasteiger partial charge in [-0.05, 0) is 5.04 Å². The van der Waals surface area contributed by atoms with Crippen LogP contribution < -0.4 is 0 Å². The summed E-state index contributed by atoms with van der Waals surface area (Å²) < 4.78 is 0. The van der Waals surface area contributed by atoms with Gasteiger partial charge in [0, 0.05) is 12.8 Å². The van der Waals surface area contributed by atoms with Gasteiger partial charge in [-0.15, -0.1) is 0 Å². The zero-order valence-corrected chi connectivity index (χ0v) is 6.81. The largest absolute Gasteiger partial charge is 0.457 e. The second kappa shape index (κ2) is 3.97. The van der Waals surface area contributed by atoms with Crippen LogP contribution in [0.1, 0.15) is 12.8 Å². The van der Waals surface area contributed by atoms with Gasteiger partial charge in [-0.25, -0.2) is 9.68 Å². The summed E-state index contributed by atoms with van der Waals surface area (Å²) in [6, 6.07) is 0. The first-order valence-corrected chi connectivity index (χ1v) is 3.44. The Kier molecular flexibility index (Phi) is 2.93. The van der Waals surface area contributed by atoms with Crippen molar-refractivity contribution in [1.29, 1.82) is 0 Å². The van der Waals surface area contributed by atoms with Crippen molar-refractivity contribution in [2.75, 3.05) is 7.11 Å². The summed E-state index contributed by atoms with van der Waals surface area (Å²) in [4.78, 5) is 40.9. The van der Waals surface area contributed by atoms with E-state index in [2.05, 4.69) is 14.8 Å². The molecule has 13 heavy (non-hydrogen) atoms. The molecule has 72 valence electrons. The first kappa shape index (κ1) is 9.62. The predicted octanol–water partition coefficient (Wildman–Crippen LogP) is -0.235. The van der Waals surface area contributed by atoms with Crippen molar-refractivity contribution in [2.45, 2.75) is 12.8 Å². The van der Waals surface area contributed by atoms with Crippen molar-refractivity contribution in [3.8, 4) is 0 Å². The minimum absolute atomic E-state index is 0.0148. The van der Waals surface area contributed by atoms with E-state index in [1.54, 1.807) is 0 Å². The number of likely N-dealkylation sites (tertiary alicyclic amines) is 1. The maximum Gasteiger partial charge on any atom is 0.457 e. The molecular formula is C6H7NO6. The highest BCUT2D eigenvalue weighted by atomic mass is 17.5. The summed E-state index contributed by atoms with van der Waals surface area (Å²) in [5.41, 5.74) is 0. The zero-order valence-electron chi connectivity index (χ0n) is 6.81. The molecule has 3 amide bonds. The fourth-order valence-electron chi connectivity index (χ4n) is 0.881. The smallest absolute Gasteiger partial charge is 0.274 e. The summed E-state index contributed by atoms with van der Waals surface area (Å²) in [6.07, 6.45) is -1.16. The molecule has 1 fully saturated rings. The molecule has 0 aromatic rings. The van der Waals surface area contributed by atoms with E-state index in [9.17, 15) is 14.4 Å². The molecule has 0 saturated carbocycles. The van der Waals surface area contributed by atoms with E-state index in [4.69, 9.17) is 0 Å². The van der Waals surface area contributed by atoms with Crippen molar-refractivity contribution in [1.82, 2.24) is 4.90 Å². The molecule has 1 heterocycles. The van der Waals surface area contributed by atoms with Crippen molar-refractivity contribution in [3.63, 3.8) is 0 Å².